The van der Waals surface area contributed by atoms with Gasteiger partial charge in [-0.2, -0.15) is 5.10 Å². The van der Waals surface area contributed by atoms with Crippen molar-refractivity contribution in [3.8, 4) is 17.2 Å². The Balaban J connectivity index is 2.13. The number of nitrogens with zero attached hydrogens (tertiary/aromatic N) is 1. The number of aromatic hydroxyl groups is 1. The molecule has 2 aromatic carbocycles. The van der Waals surface area contributed by atoms with Crippen molar-refractivity contribution in [2.24, 2.45) is 5.10 Å². The van der Waals surface area contributed by atoms with Crippen LogP contribution in [0, 0.1) is 0 Å². The molecule has 0 saturated carbocycles. The summed E-state index contributed by atoms with van der Waals surface area (Å²) in [5.74, 6) is 0.0822. The van der Waals surface area contributed by atoms with Crippen molar-refractivity contribution in [1.82, 2.24) is 5.43 Å². The van der Waals surface area contributed by atoms with E-state index in [1.54, 1.807) is 30.3 Å². The van der Waals surface area contributed by atoms with Crippen molar-refractivity contribution >= 4 is 28.1 Å². The van der Waals surface area contributed by atoms with E-state index < -0.39 is 0 Å². The first-order valence-corrected chi connectivity index (χ1v) is 7.38. The molecule has 0 radical (unpaired) electrons. The third-order valence-corrected chi connectivity index (χ3v) is 3.46. The zero-order valence-corrected chi connectivity index (χ0v) is 14.1. The zero-order chi connectivity index (χ0) is 16.8. The van der Waals surface area contributed by atoms with Crippen LogP contribution in [0.5, 0.6) is 17.2 Å². The maximum Gasteiger partial charge on any atom is 0.271 e. The summed E-state index contributed by atoms with van der Waals surface area (Å²) >= 11 is 3.30. The smallest absolute Gasteiger partial charge is 0.271 e. The average Bonchev–Trinajstić information content (AvgIpc) is 2.55. The molecule has 2 N–H and O–H groups in total. The van der Waals surface area contributed by atoms with Crippen molar-refractivity contribution in [1.29, 1.82) is 0 Å². The summed E-state index contributed by atoms with van der Waals surface area (Å²) < 4.78 is 10.9. The number of halogens is 1. The Morgan fingerprint density at radius 3 is 2.43 bits per heavy atom. The summed E-state index contributed by atoms with van der Waals surface area (Å²) in [4.78, 5) is 12.0. The van der Waals surface area contributed by atoms with Gasteiger partial charge in [-0.15, -0.1) is 0 Å². The molecule has 120 valence electrons. The van der Waals surface area contributed by atoms with Gasteiger partial charge in [0, 0.05) is 15.6 Å². The molecule has 0 aromatic heterocycles. The number of carbonyl (C=O) groups is 1. The van der Waals surface area contributed by atoms with E-state index in [1.165, 1.54) is 20.4 Å². The second kappa shape index (κ2) is 7.64. The maximum atomic E-state index is 12.0. The summed E-state index contributed by atoms with van der Waals surface area (Å²) in [7, 11) is 2.87. The lowest BCUT2D eigenvalue weighted by Gasteiger charge is -2.09. The van der Waals surface area contributed by atoms with E-state index in [4.69, 9.17) is 9.47 Å². The summed E-state index contributed by atoms with van der Waals surface area (Å²) in [6.45, 7) is 0. The summed E-state index contributed by atoms with van der Waals surface area (Å²) in [5.41, 5.74) is 3.52. The quantitative estimate of drug-likeness (QED) is 0.619. The first kappa shape index (κ1) is 16.8. The average molecular weight is 379 g/mol. The van der Waals surface area contributed by atoms with Crippen molar-refractivity contribution < 1.29 is 19.4 Å². The highest BCUT2D eigenvalue weighted by Gasteiger charge is 2.10. The van der Waals surface area contributed by atoms with E-state index in [2.05, 4.69) is 26.5 Å². The number of phenolic OH excluding ortho intramolecular Hbond substituents is 1. The molecule has 6 nitrogen and oxygen atoms in total. The monoisotopic (exact) mass is 378 g/mol. The number of hydrogen-bond donors (Lipinski definition) is 2. The molecule has 0 aliphatic rings. The predicted octanol–water partition coefficient (Wildman–Crippen LogP) is 2.94. The fourth-order valence-corrected chi connectivity index (χ4v) is 2.25. The van der Waals surface area contributed by atoms with Crippen LogP contribution in [0.25, 0.3) is 0 Å². The minimum atomic E-state index is -0.333. The largest absolute Gasteiger partial charge is 0.502 e. The van der Waals surface area contributed by atoms with Crippen molar-refractivity contribution in [3.63, 3.8) is 0 Å². The van der Waals surface area contributed by atoms with Gasteiger partial charge in [-0.05, 0) is 30.3 Å². The molecule has 23 heavy (non-hydrogen) atoms. The van der Waals surface area contributed by atoms with Crippen LogP contribution in [0.2, 0.25) is 0 Å². The second-order valence-electron chi connectivity index (χ2n) is 4.48. The summed E-state index contributed by atoms with van der Waals surface area (Å²) in [6.07, 6.45) is 1.43. The molecule has 0 unspecified atom stereocenters. The van der Waals surface area contributed by atoms with Gasteiger partial charge in [0.1, 0.15) is 0 Å². The second-order valence-corrected chi connectivity index (χ2v) is 5.40. The Bertz CT molecular complexity index is 722. The van der Waals surface area contributed by atoms with Crippen LogP contribution in [0.1, 0.15) is 15.9 Å². The number of nitrogens with one attached hydrogen (secondary N) is 1. The van der Waals surface area contributed by atoms with Gasteiger partial charge >= 0.3 is 0 Å². The van der Waals surface area contributed by atoms with E-state index in [0.717, 1.165) is 4.47 Å². The molecule has 1 amide bonds. The molecule has 7 heteroatoms. The van der Waals surface area contributed by atoms with Gasteiger partial charge in [0.25, 0.3) is 5.91 Å². The lowest BCUT2D eigenvalue weighted by atomic mass is 10.2. The minimum Gasteiger partial charge on any atom is -0.502 e. The fourth-order valence-electron chi connectivity index (χ4n) is 1.85. The van der Waals surface area contributed by atoms with Gasteiger partial charge in [-0.25, -0.2) is 5.43 Å². The highest BCUT2D eigenvalue weighted by Crippen LogP contribution is 2.36. The van der Waals surface area contributed by atoms with Gasteiger partial charge in [0.2, 0.25) is 5.75 Å². The molecule has 0 fully saturated rings. The first-order chi connectivity index (χ1) is 11.0. The molecule has 0 aliphatic heterocycles. The number of methoxy groups -OCH3 is 2. The Kier molecular flexibility index (Phi) is 5.59. The van der Waals surface area contributed by atoms with Crippen LogP contribution >= 0.6 is 15.9 Å². The van der Waals surface area contributed by atoms with E-state index in [0.29, 0.717) is 11.1 Å². The molecule has 0 atom stereocenters. The lowest BCUT2D eigenvalue weighted by Crippen LogP contribution is -2.17. The van der Waals surface area contributed by atoms with Gasteiger partial charge < -0.3 is 14.6 Å². The number of ether oxygens (including phenoxy) is 2. The van der Waals surface area contributed by atoms with Gasteiger partial charge in [-0.3, -0.25) is 4.79 Å². The molecule has 2 rings (SSSR count). The van der Waals surface area contributed by atoms with Gasteiger partial charge in [0.05, 0.1) is 20.4 Å². The lowest BCUT2D eigenvalue weighted by molar-refractivity contribution is 0.0955. The number of carbonyl (C=O) groups excluding carboxylic acids is 1. The molecule has 0 bridgehead atoms. The number of rotatable bonds is 5. The minimum absolute atomic E-state index is 0.0923. The topological polar surface area (TPSA) is 80.2 Å². The molecule has 0 spiro atoms. The Labute approximate surface area is 141 Å². The predicted molar refractivity (Wildman–Crippen MR) is 90.4 cm³/mol. The number of hydrazone groups is 1. The zero-order valence-electron chi connectivity index (χ0n) is 12.5. The van der Waals surface area contributed by atoms with E-state index >= 15 is 0 Å². The Morgan fingerprint density at radius 2 is 1.87 bits per heavy atom. The molecule has 0 saturated heterocycles. The maximum absolute atomic E-state index is 12.0. The van der Waals surface area contributed by atoms with Gasteiger partial charge in [-0.1, -0.05) is 22.0 Å². The third-order valence-electron chi connectivity index (χ3n) is 2.97. The SMILES string of the molecule is COc1cc(/C=N\NC(=O)c2cccc(Br)c2)cc(OC)c1O. The fraction of sp³-hybridized carbons (Fsp3) is 0.125. The van der Waals surface area contributed by atoms with E-state index in [9.17, 15) is 9.90 Å². The van der Waals surface area contributed by atoms with Crippen LogP contribution < -0.4 is 14.9 Å². The van der Waals surface area contributed by atoms with Crippen molar-refractivity contribution in [3.05, 3.63) is 52.0 Å². The Morgan fingerprint density at radius 1 is 1.22 bits per heavy atom. The third kappa shape index (κ3) is 4.23. The van der Waals surface area contributed by atoms with Crippen LogP contribution in [0.15, 0.2) is 46.0 Å². The van der Waals surface area contributed by atoms with Crippen LogP contribution in [-0.2, 0) is 0 Å². The van der Waals surface area contributed by atoms with Crippen LogP contribution in [0.3, 0.4) is 0 Å². The van der Waals surface area contributed by atoms with Gasteiger partial charge in [0.15, 0.2) is 11.5 Å². The highest BCUT2D eigenvalue weighted by atomic mass is 79.9. The molecule has 0 heterocycles. The molecule has 2 aromatic rings. The summed E-state index contributed by atoms with van der Waals surface area (Å²) in [5, 5.41) is 13.7. The first-order valence-electron chi connectivity index (χ1n) is 6.59. The summed E-state index contributed by atoms with van der Waals surface area (Å²) in [6, 6.07) is 10.1. The normalized spacial score (nSPS) is 10.6. The number of benzene rings is 2. The molecule has 0 aliphatic carbocycles. The number of amides is 1. The number of hydrogen-bond acceptors (Lipinski definition) is 5. The standard InChI is InChI=1S/C16H15BrN2O4/c1-22-13-6-10(7-14(23-2)15(13)20)9-18-19-16(21)11-4-3-5-12(17)8-11/h3-9,20H,1-2H3,(H,19,21)/b18-9-. The van der Waals surface area contributed by atoms with Crippen LogP contribution in [0.4, 0.5) is 0 Å². The highest BCUT2D eigenvalue weighted by molar-refractivity contribution is 9.10. The number of phenols is 1. The molecular weight excluding hydrogens is 364 g/mol. The van der Waals surface area contributed by atoms with Crippen molar-refractivity contribution in [2.75, 3.05) is 14.2 Å². The van der Waals surface area contributed by atoms with Crippen LogP contribution in [-0.4, -0.2) is 31.4 Å². The van der Waals surface area contributed by atoms with Crippen molar-refractivity contribution in [2.45, 2.75) is 0 Å². The molecular formula is C16H15BrN2O4. The van der Waals surface area contributed by atoms with E-state index in [1.807, 2.05) is 6.07 Å². The Hall–Kier alpha value is -2.54. The van der Waals surface area contributed by atoms with E-state index in [-0.39, 0.29) is 23.2 Å².